The molecule has 0 aromatic carbocycles. The van der Waals surface area contributed by atoms with Gasteiger partial charge < -0.3 is 4.43 Å². The molecule has 3 heterocycles. The van der Waals surface area contributed by atoms with E-state index in [9.17, 15) is 0 Å². The van der Waals surface area contributed by atoms with Crippen LogP contribution in [0.4, 0.5) is 0 Å². The highest BCUT2D eigenvalue weighted by Gasteiger charge is 2.48. The average Bonchev–Trinajstić information content (AvgIpc) is 2.17. The predicted octanol–water partition coefficient (Wildman–Crippen LogP) is 1.94. The highest BCUT2D eigenvalue weighted by Crippen LogP contribution is 2.39. The maximum Gasteiger partial charge on any atom is 0.185 e. The minimum absolute atomic E-state index is 0.263. The van der Waals surface area contributed by atoms with Crippen LogP contribution < -0.4 is 0 Å². The van der Waals surface area contributed by atoms with Crippen LogP contribution in [0.5, 0.6) is 0 Å². The van der Waals surface area contributed by atoms with Crippen molar-refractivity contribution in [1.29, 1.82) is 0 Å². The van der Waals surface area contributed by atoms with Gasteiger partial charge in [-0.2, -0.15) is 0 Å². The summed E-state index contributed by atoms with van der Waals surface area (Å²) < 4.78 is 6.31. The minimum Gasteiger partial charge on any atom is -0.400 e. The van der Waals surface area contributed by atoms with E-state index in [1.165, 1.54) is 25.9 Å². The van der Waals surface area contributed by atoms with Crippen LogP contribution in [0.1, 0.15) is 12.8 Å². The molecule has 3 fully saturated rings. The summed E-state index contributed by atoms with van der Waals surface area (Å²) >= 11 is 0. The van der Waals surface area contributed by atoms with Gasteiger partial charge in [0.25, 0.3) is 0 Å². The minimum atomic E-state index is -1.54. The maximum absolute atomic E-state index is 6.31. The van der Waals surface area contributed by atoms with E-state index in [1.807, 2.05) is 0 Å². The van der Waals surface area contributed by atoms with E-state index in [0.717, 1.165) is 6.54 Å². The number of hydrogen-bond acceptors (Lipinski definition) is 2. The Morgan fingerprint density at radius 2 is 1.93 bits per heavy atom. The Balaban J connectivity index is 2.19. The second-order valence-electron chi connectivity index (χ2n) is 5.80. The molecule has 1 unspecified atom stereocenters. The van der Waals surface area contributed by atoms with E-state index >= 15 is 0 Å². The monoisotopic (exact) mass is 223 g/mol. The molecule has 3 saturated heterocycles. The van der Waals surface area contributed by atoms with Crippen LogP contribution in [0.3, 0.4) is 0 Å². The Labute approximate surface area is 94.1 Å². The number of nitrogens with zero attached hydrogens (tertiary/aromatic N) is 1. The van der Waals surface area contributed by atoms with Gasteiger partial charge in [0.1, 0.15) is 5.60 Å². The van der Waals surface area contributed by atoms with Gasteiger partial charge in [0.2, 0.25) is 0 Å². The van der Waals surface area contributed by atoms with Gasteiger partial charge in [-0.3, -0.25) is 4.90 Å². The molecule has 84 valence electrons. The maximum atomic E-state index is 6.31. The van der Waals surface area contributed by atoms with Crippen molar-refractivity contribution in [2.45, 2.75) is 38.1 Å². The summed E-state index contributed by atoms with van der Waals surface area (Å²) in [6.07, 6.45) is 8.19. The van der Waals surface area contributed by atoms with Crippen molar-refractivity contribution in [2.24, 2.45) is 5.92 Å². The van der Waals surface area contributed by atoms with E-state index < -0.39 is 8.32 Å². The molecule has 3 heteroatoms. The first-order valence-electron chi connectivity index (χ1n) is 5.85. The zero-order chi connectivity index (χ0) is 11.1. The first kappa shape index (κ1) is 11.2. The molecule has 2 nitrogen and oxygen atoms in total. The number of hydrogen-bond donors (Lipinski definition) is 0. The molecule has 0 saturated carbocycles. The van der Waals surface area contributed by atoms with Gasteiger partial charge in [-0.1, -0.05) is 5.92 Å². The Hall–Kier alpha value is -0.303. The second-order valence-corrected chi connectivity index (χ2v) is 10.2. The Morgan fingerprint density at radius 3 is 2.27 bits per heavy atom. The SMILES string of the molecule is C#CC1(O[Si](C)(C)C)CN2CCC1CC2. The van der Waals surface area contributed by atoms with Gasteiger partial charge in [0.05, 0.1) is 0 Å². The summed E-state index contributed by atoms with van der Waals surface area (Å²) in [6, 6.07) is 0. The van der Waals surface area contributed by atoms with Crippen molar-refractivity contribution in [3.8, 4) is 12.3 Å². The van der Waals surface area contributed by atoms with Gasteiger partial charge in [-0.15, -0.1) is 6.42 Å². The van der Waals surface area contributed by atoms with E-state index in [4.69, 9.17) is 10.8 Å². The zero-order valence-corrected chi connectivity index (χ0v) is 11.0. The van der Waals surface area contributed by atoms with Crippen molar-refractivity contribution in [2.75, 3.05) is 19.6 Å². The van der Waals surface area contributed by atoms with E-state index in [0.29, 0.717) is 5.92 Å². The molecule has 3 aliphatic rings. The molecule has 2 bridgehead atoms. The van der Waals surface area contributed by atoms with Gasteiger partial charge in [-0.25, -0.2) is 0 Å². The van der Waals surface area contributed by atoms with Crippen molar-refractivity contribution in [3.05, 3.63) is 0 Å². The number of terminal acetylenes is 1. The fourth-order valence-corrected chi connectivity index (χ4v) is 4.26. The number of piperidine rings is 3. The molecular formula is C12H21NOSi. The van der Waals surface area contributed by atoms with E-state index in [1.54, 1.807) is 0 Å². The van der Waals surface area contributed by atoms with Crippen molar-refractivity contribution < 1.29 is 4.43 Å². The quantitative estimate of drug-likeness (QED) is 0.524. The van der Waals surface area contributed by atoms with Crippen molar-refractivity contribution >= 4 is 8.32 Å². The largest absolute Gasteiger partial charge is 0.400 e. The number of rotatable bonds is 2. The van der Waals surface area contributed by atoms with Crippen LogP contribution in [0.25, 0.3) is 0 Å². The normalized spacial score (nSPS) is 40.1. The highest BCUT2D eigenvalue weighted by molar-refractivity contribution is 6.69. The Bertz CT molecular complexity index is 283. The van der Waals surface area contributed by atoms with Gasteiger partial charge in [0.15, 0.2) is 8.32 Å². The van der Waals surface area contributed by atoms with Gasteiger partial charge in [0, 0.05) is 12.5 Å². The lowest BCUT2D eigenvalue weighted by Gasteiger charge is -2.52. The first-order chi connectivity index (χ1) is 6.95. The first-order valence-corrected chi connectivity index (χ1v) is 9.26. The summed E-state index contributed by atoms with van der Waals surface area (Å²) in [5.41, 5.74) is -0.263. The molecule has 0 aliphatic carbocycles. The number of fused-ring (bicyclic) bond motifs is 3. The standard InChI is InChI=1S/C12H21NOSi/c1-5-12(14-15(2,3)4)10-13-8-6-11(12)7-9-13/h1,11H,6-10H2,2-4H3. The molecule has 1 atom stereocenters. The fraction of sp³-hybridized carbons (Fsp3) is 0.833. The molecule has 0 aromatic heterocycles. The molecule has 3 rings (SSSR count). The van der Waals surface area contributed by atoms with Gasteiger partial charge in [-0.05, 0) is 45.6 Å². The summed E-state index contributed by atoms with van der Waals surface area (Å²) in [7, 11) is -1.54. The smallest absolute Gasteiger partial charge is 0.185 e. The van der Waals surface area contributed by atoms with Crippen molar-refractivity contribution in [1.82, 2.24) is 4.90 Å². The van der Waals surface area contributed by atoms with Crippen LogP contribution in [0.15, 0.2) is 0 Å². The molecule has 3 aliphatic heterocycles. The molecule has 0 N–H and O–H groups in total. The van der Waals surface area contributed by atoms with Crippen molar-refractivity contribution in [3.63, 3.8) is 0 Å². The van der Waals surface area contributed by atoms with E-state index in [2.05, 4.69) is 30.5 Å². The van der Waals surface area contributed by atoms with Crippen LogP contribution in [0.2, 0.25) is 19.6 Å². The second kappa shape index (κ2) is 3.62. The molecule has 0 radical (unpaired) electrons. The molecular weight excluding hydrogens is 202 g/mol. The molecule has 15 heavy (non-hydrogen) atoms. The predicted molar refractivity (Wildman–Crippen MR) is 65.2 cm³/mol. The third kappa shape index (κ3) is 2.12. The summed E-state index contributed by atoms with van der Waals surface area (Å²) in [5.74, 6) is 3.57. The highest BCUT2D eigenvalue weighted by atomic mass is 28.4. The lowest BCUT2D eigenvalue weighted by molar-refractivity contribution is -0.0591. The summed E-state index contributed by atoms with van der Waals surface area (Å²) in [4.78, 5) is 2.46. The van der Waals surface area contributed by atoms with Crippen LogP contribution >= 0.6 is 0 Å². The average molecular weight is 223 g/mol. The molecule has 0 spiro atoms. The Kier molecular flexibility index (Phi) is 2.70. The van der Waals surface area contributed by atoms with Crippen LogP contribution in [0, 0.1) is 18.3 Å². The van der Waals surface area contributed by atoms with Crippen LogP contribution in [-0.2, 0) is 4.43 Å². The molecule has 0 aromatic rings. The fourth-order valence-electron chi connectivity index (χ4n) is 2.87. The third-order valence-electron chi connectivity index (χ3n) is 3.44. The topological polar surface area (TPSA) is 12.5 Å². The summed E-state index contributed by atoms with van der Waals surface area (Å²) in [5, 5.41) is 0. The lowest BCUT2D eigenvalue weighted by atomic mass is 9.76. The molecule has 0 amide bonds. The third-order valence-corrected chi connectivity index (χ3v) is 4.41. The van der Waals surface area contributed by atoms with Gasteiger partial charge >= 0.3 is 0 Å². The zero-order valence-electron chi connectivity index (χ0n) is 10.0. The van der Waals surface area contributed by atoms with E-state index in [-0.39, 0.29) is 5.60 Å². The van der Waals surface area contributed by atoms with Crippen LogP contribution in [-0.4, -0.2) is 38.5 Å². The lowest BCUT2D eigenvalue weighted by Crippen LogP contribution is -2.62. The Morgan fingerprint density at radius 1 is 1.33 bits per heavy atom. The summed E-state index contributed by atoms with van der Waals surface area (Å²) in [6.45, 7) is 10.1.